The molecule has 28 heavy (non-hydrogen) atoms. The molecule has 15 nitrogen and oxygen atoms in total. The zero-order valence-electron chi connectivity index (χ0n) is 14.0. The molecule has 6 atom stereocenters. The summed E-state index contributed by atoms with van der Waals surface area (Å²) in [5, 5.41) is 62.0. The topological polar surface area (TPSA) is 278 Å². The molecule has 0 fully saturated rings. The number of aliphatic hydroxyl groups is 7. The molecule has 0 bridgehead atoms. The van der Waals surface area contributed by atoms with Gasteiger partial charge < -0.3 is 55.5 Å². The molecule has 0 unspecified atom stereocenters. The van der Waals surface area contributed by atoms with Gasteiger partial charge in [0.1, 0.15) is 30.7 Å². The number of carbonyl (C=O) groups excluding carboxylic acids is 2. The predicted molar refractivity (Wildman–Crippen MR) is 84.9 cm³/mol. The summed E-state index contributed by atoms with van der Waals surface area (Å²) in [6.45, 7) is -1.55. The Morgan fingerprint density at radius 2 is 1.68 bits per heavy atom. The summed E-state index contributed by atoms with van der Waals surface area (Å²) in [5.41, 5.74) is 5.04. The summed E-state index contributed by atoms with van der Waals surface area (Å²) in [4.78, 5) is 37.8. The lowest BCUT2D eigenvalue weighted by Crippen LogP contribution is -2.49. The number of hydrogen-bond acceptors (Lipinski definition) is 13. The molecule has 0 aliphatic carbocycles. The first-order valence-corrected chi connectivity index (χ1v) is 8.87. The van der Waals surface area contributed by atoms with Crippen LogP contribution in [-0.2, 0) is 23.4 Å². The first-order chi connectivity index (χ1) is 12.8. The number of phosphoric acid groups is 1. The normalized spacial score (nSPS) is 22.3. The van der Waals surface area contributed by atoms with Gasteiger partial charge in [-0.25, -0.2) is 9.36 Å². The van der Waals surface area contributed by atoms with Gasteiger partial charge in [-0.3, -0.25) is 9.79 Å². The number of carbonyl (C=O) groups is 2. The quantitative estimate of drug-likeness (QED) is 0.0919. The van der Waals surface area contributed by atoms with Crippen LogP contribution in [0.1, 0.15) is 0 Å². The lowest BCUT2D eigenvalue weighted by molar-refractivity contribution is -0.147. The van der Waals surface area contributed by atoms with Crippen molar-refractivity contribution in [3.8, 4) is 0 Å². The van der Waals surface area contributed by atoms with E-state index in [-0.39, 0.29) is 6.29 Å². The maximum Gasteiger partial charge on any atom is 0.524 e. The summed E-state index contributed by atoms with van der Waals surface area (Å²) in [6.07, 6.45) is -7.73. The van der Waals surface area contributed by atoms with Gasteiger partial charge in [-0.15, -0.1) is 0 Å². The standard InChI is InChI=1S/C6H13NO5.C6H9O9P/c7-3(1-8)5(11)6(12)4(10)2-9;7-1-2(8)4-5(15-16(11,12)13)3(9)6(10)14-4/h1,3-6,9-12H,2,7H2;2,4,7-9H,1H2,(H2,11,12,13)/t3-,4+,5+,6+;2-,4+/m00/s1. The highest BCUT2D eigenvalue weighted by molar-refractivity contribution is 7.46. The smallest absolute Gasteiger partial charge is 0.499 e. The molecule has 0 aromatic heterocycles. The Bertz CT molecular complexity index is 605. The van der Waals surface area contributed by atoms with Crippen LogP contribution in [0.15, 0.2) is 11.5 Å². The molecule has 1 aliphatic rings. The highest BCUT2D eigenvalue weighted by Crippen LogP contribution is 2.42. The number of nitrogens with two attached hydrogens (primary N) is 1. The van der Waals surface area contributed by atoms with Crippen molar-refractivity contribution in [3.63, 3.8) is 0 Å². The maximum atomic E-state index is 10.8. The zero-order valence-corrected chi connectivity index (χ0v) is 14.9. The van der Waals surface area contributed by atoms with Gasteiger partial charge in [0.25, 0.3) is 0 Å². The molecule has 1 rings (SSSR count). The fourth-order valence-corrected chi connectivity index (χ4v) is 2.12. The van der Waals surface area contributed by atoms with Gasteiger partial charge in [-0.05, 0) is 0 Å². The van der Waals surface area contributed by atoms with E-state index in [0.717, 1.165) is 0 Å². The molecule has 0 saturated heterocycles. The van der Waals surface area contributed by atoms with Gasteiger partial charge in [-0.1, -0.05) is 0 Å². The van der Waals surface area contributed by atoms with E-state index in [4.69, 9.17) is 51.3 Å². The van der Waals surface area contributed by atoms with E-state index >= 15 is 0 Å². The molecular formula is C12H22NO14P. The Kier molecular flexibility index (Phi) is 10.7. The van der Waals surface area contributed by atoms with Crippen molar-refractivity contribution in [2.24, 2.45) is 5.73 Å². The fourth-order valence-electron chi connectivity index (χ4n) is 1.68. The van der Waals surface area contributed by atoms with E-state index in [9.17, 15) is 14.2 Å². The molecular weight excluding hydrogens is 413 g/mol. The first kappa shape index (κ1) is 26.4. The van der Waals surface area contributed by atoms with Gasteiger partial charge in [0.15, 0.2) is 6.10 Å². The summed E-state index contributed by atoms with van der Waals surface area (Å²) >= 11 is 0. The second-order valence-electron chi connectivity index (χ2n) is 5.32. The van der Waals surface area contributed by atoms with E-state index in [1.807, 2.05) is 0 Å². The van der Waals surface area contributed by atoms with Crippen molar-refractivity contribution < 1.29 is 68.9 Å². The summed E-state index contributed by atoms with van der Waals surface area (Å²) in [5.74, 6) is -3.36. The van der Waals surface area contributed by atoms with Gasteiger partial charge >= 0.3 is 13.8 Å². The van der Waals surface area contributed by atoms with Gasteiger partial charge in [0, 0.05) is 0 Å². The van der Waals surface area contributed by atoms with Crippen LogP contribution in [0.4, 0.5) is 0 Å². The third-order valence-electron chi connectivity index (χ3n) is 3.16. The monoisotopic (exact) mass is 435 g/mol. The van der Waals surface area contributed by atoms with E-state index < -0.39 is 75.1 Å². The van der Waals surface area contributed by atoms with E-state index in [2.05, 4.69) is 9.26 Å². The van der Waals surface area contributed by atoms with Crippen molar-refractivity contribution in [1.82, 2.24) is 0 Å². The summed E-state index contributed by atoms with van der Waals surface area (Å²) < 4.78 is 18.9. The third-order valence-corrected chi connectivity index (χ3v) is 3.59. The SMILES string of the molecule is N[C@@H](C=O)[C@@H](O)[C@H](O)[C@H](O)CO.O=C1O[C@H]([C@@H](O)CO)C(OP(=O)(O)O)=C1O. The van der Waals surface area contributed by atoms with Crippen molar-refractivity contribution in [2.45, 2.75) is 36.6 Å². The minimum atomic E-state index is -5.01. The average molecular weight is 435 g/mol. The highest BCUT2D eigenvalue weighted by atomic mass is 31.2. The maximum absolute atomic E-state index is 10.8. The van der Waals surface area contributed by atoms with Crippen LogP contribution in [0.25, 0.3) is 0 Å². The van der Waals surface area contributed by atoms with Gasteiger partial charge in [0.2, 0.25) is 11.5 Å². The molecule has 0 spiro atoms. The molecule has 0 aromatic carbocycles. The first-order valence-electron chi connectivity index (χ1n) is 7.34. The Balaban J connectivity index is 0.000000546. The van der Waals surface area contributed by atoms with Crippen LogP contribution in [0.3, 0.4) is 0 Å². The minimum absolute atomic E-state index is 0.248. The second kappa shape index (κ2) is 11.4. The molecule has 164 valence electrons. The molecule has 11 N–H and O–H groups in total. The number of rotatable bonds is 9. The number of cyclic esters (lactones) is 1. The van der Waals surface area contributed by atoms with Crippen LogP contribution in [-0.4, -0.2) is 108 Å². The van der Waals surface area contributed by atoms with Crippen molar-refractivity contribution in [3.05, 3.63) is 11.5 Å². The summed E-state index contributed by atoms with van der Waals surface area (Å²) in [6, 6.07) is -1.26. The Labute approximate surface area is 157 Å². The Morgan fingerprint density at radius 3 is 2.07 bits per heavy atom. The van der Waals surface area contributed by atoms with Gasteiger partial charge in [-0.2, -0.15) is 0 Å². The van der Waals surface area contributed by atoms with Crippen molar-refractivity contribution >= 4 is 20.1 Å². The van der Waals surface area contributed by atoms with Crippen LogP contribution < -0.4 is 5.73 Å². The number of ether oxygens (including phenoxy) is 1. The molecule has 16 heteroatoms. The van der Waals surface area contributed by atoms with Crippen LogP contribution in [0.2, 0.25) is 0 Å². The number of esters is 1. The Hall–Kier alpha value is -1.65. The molecule has 0 radical (unpaired) electrons. The molecule has 1 aliphatic heterocycles. The number of aliphatic hydroxyl groups excluding tert-OH is 7. The largest absolute Gasteiger partial charge is 0.524 e. The molecule has 0 amide bonds. The fraction of sp³-hybridized carbons (Fsp3) is 0.667. The summed E-state index contributed by atoms with van der Waals surface area (Å²) in [7, 11) is -5.01. The number of hydrogen-bond donors (Lipinski definition) is 10. The Morgan fingerprint density at radius 1 is 1.14 bits per heavy atom. The average Bonchev–Trinajstić information content (AvgIpc) is 2.92. The third kappa shape index (κ3) is 7.76. The highest BCUT2D eigenvalue weighted by Gasteiger charge is 2.43. The number of phosphoric ester groups is 1. The van der Waals surface area contributed by atoms with Crippen LogP contribution in [0.5, 0.6) is 0 Å². The predicted octanol–water partition coefficient (Wildman–Crippen LogP) is -5.27. The van der Waals surface area contributed by atoms with Crippen molar-refractivity contribution in [2.75, 3.05) is 13.2 Å². The van der Waals surface area contributed by atoms with E-state index in [1.165, 1.54) is 0 Å². The van der Waals surface area contributed by atoms with E-state index in [1.54, 1.807) is 0 Å². The van der Waals surface area contributed by atoms with Crippen LogP contribution in [0, 0.1) is 0 Å². The second-order valence-corrected chi connectivity index (χ2v) is 6.48. The zero-order chi connectivity index (χ0) is 22.2. The minimum Gasteiger partial charge on any atom is -0.499 e. The van der Waals surface area contributed by atoms with Crippen molar-refractivity contribution in [1.29, 1.82) is 0 Å². The molecule has 1 heterocycles. The van der Waals surface area contributed by atoms with E-state index in [0.29, 0.717) is 0 Å². The molecule has 0 aromatic rings. The molecule has 0 saturated carbocycles. The van der Waals surface area contributed by atoms with Gasteiger partial charge in [0.05, 0.1) is 19.3 Å². The number of aldehydes is 1. The lowest BCUT2D eigenvalue weighted by atomic mass is 10.0. The lowest BCUT2D eigenvalue weighted by Gasteiger charge is -2.23. The van der Waals surface area contributed by atoms with Crippen LogP contribution >= 0.6 is 7.82 Å².